The minimum atomic E-state index is -1.46. The fourth-order valence-corrected chi connectivity index (χ4v) is 4.85. The molecule has 0 aliphatic carbocycles. The van der Waals surface area contributed by atoms with E-state index in [1.807, 2.05) is 52.3 Å². The summed E-state index contributed by atoms with van der Waals surface area (Å²) in [5.74, 6) is -1.97. The molecule has 0 atom stereocenters. The molecule has 0 N–H and O–H groups in total. The third-order valence-corrected chi connectivity index (χ3v) is 6.45. The van der Waals surface area contributed by atoms with Crippen LogP contribution in [-0.4, -0.2) is 58.6 Å². The van der Waals surface area contributed by atoms with Crippen molar-refractivity contribution in [3.05, 3.63) is 54.6 Å². The van der Waals surface area contributed by atoms with Gasteiger partial charge in [-0.3, -0.25) is 0 Å². The van der Waals surface area contributed by atoms with E-state index in [0.29, 0.717) is 18.9 Å². The number of carbonyl (C=O) groups excluding carboxylic acids is 2. The van der Waals surface area contributed by atoms with Crippen LogP contribution in [0.3, 0.4) is 0 Å². The Morgan fingerprint density at radius 3 is 2.27 bits per heavy atom. The Morgan fingerprint density at radius 1 is 0.933 bits per heavy atom. The number of nitrogens with zero attached hydrogens (tertiary/aromatic N) is 4. The summed E-state index contributed by atoms with van der Waals surface area (Å²) >= 11 is 1.54. The largest absolute Gasteiger partial charge is 0.403 e. The maximum absolute atomic E-state index is 12.1. The standard InChI is InChI=1S/C21H20N4O4S/c26-19-8-9-20(27)29-21(28-19)14-25(15-10-12-24(21)13-11-15)17-6-7-18(23-22-17)30-16-4-2-1-3-5-16/h1-9,15H,10-14H2. The van der Waals surface area contributed by atoms with Crippen molar-refractivity contribution in [3.8, 4) is 0 Å². The third-order valence-electron chi connectivity index (χ3n) is 5.52. The maximum Gasteiger partial charge on any atom is 0.339 e. The highest BCUT2D eigenvalue weighted by Gasteiger charge is 2.52. The molecule has 9 heteroatoms. The lowest BCUT2D eigenvalue weighted by atomic mass is 10.1. The van der Waals surface area contributed by atoms with Gasteiger partial charge in [0.1, 0.15) is 11.6 Å². The minimum absolute atomic E-state index is 0.191. The molecular weight excluding hydrogens is 404 g/mol. The highest BCUT2D eigenvalue weighted by molar-refractivity contribution is 7.99. The predicted molar refractivity (Wildman–Crippen MR) is 109 cm³/mol. The number of piperidine rings is 1. The molecule has 30 heavy (non-hydrogen) atoms. The van der Waals surface area contributed by atoms with Crippen LogP contribution in [-0.2, 0) is 19.1 Å². The third kappa shape index (κ3) is 3.66. The summed E-state index contributed by atoms with van der Waals surface area (Å²) in [5, 5.41) is 9.60. The van der Waals surface area contributed by atoms with E-state index in [2.05, 4.69) is 10.2 Å². The van der Waals surface area contributed by atoms with Crippen molar-refractivity contribution < 1.29 is 19.1 Å². The van der Waals surface area contributed by atoms with Gasteiger partial charge in [0.15, 0.2) is 5.82 Å². The number of hydrogen-bond acceptors (Lipinski definition) is 9. The summed E-state index contributed by atoms with van der Waals surface area (Å²) in [6.07, 6.45) is 3.92. The topological polar surface area (TPSA) is 84.9 Å². The van der Waals surface area contributed by atoms with Crippen LogP contribution >= 0.6 is 11.8 Å². The number of aromatic nitrogens is 2. The van der Waals surface area contributed by atoms with Gasteiger partial charge in [-0.1, -0.05) is 30.0 Å². The fraction of sp³-hybridized carbons (Fsp3) is 0.333. The average Bonchev–Trinajstić information content (AvgIpc) is 3.08. The molecule has 2 aromatic rings. The van der Waals surface area contributed by atoms with Crippen LogP contribution in [0.2, 0.25) is 0 Å². The molecule has 3 saturated heterocycles. The van der Waals surface area contributed by atoms with E-state index >= 15 is 0 Å². The molecule has 0 amide bonds. The van der Waals surface area contributed by atoms with Crippen LogP contribution in [0.4, 0.5) is 5.82 Å². The van der Waals surface area contributed by atoms with E-state index < -0.39 is 17.8 Å². The molecular formula is C21H20N4O4S. The highest BCUT2D eigenvalue weighted by atomic mass is 32.2. The summed E-state index contributed by atoms with van der Waals surface area (Å²) in [6.45, 7) is 1.52. The molecule has 4 aliphatic heterocycles. The lowest BCUT2D eigenvalue weighted by molar-refractivity contribution is -0.274. The molecule has 154 valence electrons. The number of anilines is 1. The molecule has 1 aromatic carbocycles. The molecule has 3 fully saturated rings. The molecule has 4 aliphatic rings. The van der Waals surface area contributed by atoms with Crippen molar-refractivity contribution in [1.82, 2.24) is 15.1 Å². The van der Waals surface area contributed by atoms with Crippen LogP contribution in [0.1, 0.15) is 12.8 Å². The first-order valence-corrected chi connectivity index (χ1v) is 10.7. The minimum Gasteiger partial charge on any atom is -0.403 e. The van der Waals surface area contributed by atoms with E-state index in [9.17, 15) is 9.59 Å². The fourth-order valence-electron chi connectivity index (χ4n) is 4.09. The lowest BCUT2D eigenvalue weighted by Crippen LogP contribution is -2.58. The van der Waals surface area contributed by atoms with Gasteiger partial charge in [0.05, 0.1) is 0 Å². The van der Waals surface area contributed by atoms with Crippen LogP contribution in [0.15, 0.2) is 64.5 Å². The number of carbonyl (C=O) groups is 2. The lowest BCUT2D eigenvalue weighted by Gasteiger charge is -2.39. The van der Waals surface area contributed by atoms with Gasteiger partial charge in [0.25, 0.3) is 0 Å². The van der Waals surface area contributed by atoms with E-state index in [1.54, 1.807) is 0 Å². The average molecular weight is 424 g/mol. The summed E-state index contributed by atoms with van der Waals surface area (Å²) in [7, 11) is 0. The van der Waals surface area contributed by atoms with Gasteiger partial charge < -0.3 is 14.4 Å². The normalized spacial score (nSPS) is 24.9. The summed E-state index contributed by atoms with van der Waals surface area (Å²) in [5.41, 5.74) is 0. The number of fused-ring (bicyclic) bond motifs is 3. The van der Waals surface area contributed by atoms with Crippen molar-refractivity contribution >= 4 is 29.5 Å². The van der Waals surface area contributed by atoms with Gasteiger partial charge in [-0.25, -0.2) is 14.5 Å². The van der Waals surface area contributed by atoms with E-state index in [4.69, 9.17) is 9.47 Å². The van der Waals surface area contributed by atoms with E-state index in [0.717, 1.165) is 34.9 Å². The molecule has 8 nitrogen and oxygen atoms in total. The van der Waals surface area contributed by atoms with Gasteiger partial charge >= 0.3 is 17.8 Å². The maximum atomic E-state index is 12.1. The van der Waals surface area contributed by atoms with Crippen LogP contribution in [0.5, 0.6) is 0 Å². The molecule has 0 saturated carbocycles. The van der Waals surface area contributed by atoms with Crippen molar-refractivity contribution in [2.45, 2.75) is 34.7 Å². The second-order valence-corrected chi connectivity index (χ2v) is 8.47. The molecule has 5 heterocycles. The zero-order valence-corrected chi connectivity index (χ0v) is 17.0. The summed E-state index contributed by atoms with van der Waals surface area (Å²) in [4.78, 5) is 29.3. The van der Waals surface area contributed by atoms with Crippen molar-refractivity contribution in [2.24, 2.45) is 0 Å². The zero-order valence-electron chi connectivity index (χ0n) is 16.1. The monoisotopic (exact) mass is 424 g/mol. The molecule has 0 radical (unpaired) electrons. The predicted octanol–water partition coefficient (Wildman–Crippen LogP) is 2.22. The first-order chi connectivity index (χ1) is 14.6. The number of benzene rings is 1. The van der Waals surface area contributed by atoms with Gasteiger partial charge in [-0.2, -0.15) is 0 Å². The first kappa shape index (κ1) is 19.1. The molecule has 2 bridgehead atoms. The quantitative estimate of drug-likeness (QED) is 0.689. The SMILES string of the molecule is O=C1C=CC(=O)OC2(CN(c3ccc(Sc4ccccc4)nn3)C3CCN2CC3)O1. The van der Waals surface area contributed by atoms with E-state index in [-0.39, 0.29) is 12.6 Å². The van der Waals surface area contributed by atoms with Gasteiger partial charge in [-0.05, 0) is 37.1 Å². The van der Waals surface area contributed by atoms with E-state index in [1.165, 1.54) is 11.8 Å². The van der Waals surface area contributed by atoms with Gasteiger partial charge in [0.2, 0.25) is 0 Å². The molecule has 6 rings (SSSR count). The Kier molecular flexibility index (Phi) is 4.92. The van der Waals surface area contributed by atoms with Gasteiger partial charge in [-0.15, -0.1) is 10.2 Å². The van der Waals surface area contributed by atoms with Crippen LogP contribution in [0.25, 0.3) is 0 Å². The number of ether oxygens (including phenoxy) is 2. The Hall–Kier alpha value is -2.91. The summed E-state index contributed by atoms with van der Waals surface area (Å²) < 4.78 is 11.3. The van der Waals surface area contributed by atoms with Crippen molar-refractivity contribution in [2.75, 3.05) is 24.5 Å². The summed E-state index contributed by atoms with van der Waals surface area (Å²) in [6, 6.07) is 14.0. The smallest absolute Gasteiger partial charge is 0.339 e. The first-order valence-electron chi connectivity index (χ1n) is 9.84. The Bertz CT molecular complexity index is 954. The van der Waals surface area contributed by atoms with Crippen molar-refractivity contribution in [1.29, 1.82) is 0 Å². The Labute approximate surface area is 177 Å². The molecule has 1 spiro atoms. The zero-order chi connectivity index (χ0) is 20.6. The number of hydrogen-bond donors (Lipinski definition) is 0. The number of rotatable bonds is 3. The van der Waals surface area contributed by atoms with Gasteiger partial charge in [0, 0.05) is 36.2 Å². The Balaban J connectivity index is 1.42. The second-order valence-electron chi connectivity index (χ2n) is 7.38. The van der Waals surface area contributed by atoms with Crippen LogP contribution < -0.4 is 4.90 Å². The second kappa shape index (κ2) is 7.73. The molecule has 0 unspecified atom stereocenters. The highest BCUT2D eigenvalue weighted by Crippen LogP contribution is 2.36. The molecule has 1 aromatic heterocycles. The van der Waals surface area contributed by atoms with Crippen LogP contribution in [0, 0.1) is 0 Å². The Morgan fingerprint density at radius 2 is 1.63 bits per heavy atom. The number of esters is 2. The van der Waals surface area contributed by atoms with Crippen molar-refractivity contribution in [3.63, 3.8) is 0 Å².